The zero-order valence-electron chi connectivity index (χ0n) is 16.8. The van der Waals surface area contributed by atoms with E-state index in [9.17, 15) is 14.4 Å². The van der Waals surface area contributed by atoms with Crippen LogP contribution in [-0.2, 0) is 14.3 Å². The molecular weight excluding hydrogens is 368 g/mol. The van der Waals surface area contributed by atoms with E-state index < -0.39 is 5.97 Å². The van der Waals surface area contributed by atoms with Gasteiger partial charge in [-0.05, 0) is 62.1 Å². The Morgan fingerprint density at radius 1 is 0.897 bits per heavy atom. The molecule has 0 heterocycles. The summed E-state index contributed by atoms with van der Waals surface area (Å²) in [5.41, 5.74) is 1.96. The van der Waals surface area contributed by atoms with Gasteiger partial charge in [0.05, 0.1) is 12.7 Å². The van der Waals surface area contributed by atoms with E-state index in [0.29, 0.717) is 36.9 Å². The number of nitrogens with zero attached hydrogens (tertiary/aromatic N) is 1. The Kier molecular flexibility index (Phi) is 6.65. The molecule has 2 amide bonds. The summed E-state index contributed by atoms with van der Waals surface area (Å²) >= 11 is 0. The maximum Gasteiger partial charge on any atom is 0.337 e. The largest absolute Gasteiger partial charge is 0.465 e. The lowest BCUT2D eigenvalue weighted by atomic mass is 9.81. The van der Waals surface area contributed by atoms with Crippen LogP contribution in [0.15, 0.2) is 54.6 Å². The van der Waals surface area contributed by atoms with Gasteiger partial charge in [0.2, 0.25) is 11.8 Å². The monoisotopic (exact) mass is 394 g/mol. The molecule has 152 valence electrons. The third-order valence-corrected chi connectivity index (χ3v) is 5.49. The number of carbonyl (C=O) groups is 3. The highest BCUT2D eigenvalue weighted by molar-refractivity contribution is 5.96. The molecular formula is C23H26N2O4. The molecule has 0 atom stereocenters. The Balaban J connectivity index is 1.51. The van der Waals surface area contributed by atoms with E-state index in [-0.39, 0.29) is 23.7 Å². The molecule has 1 fully saturated rings. The van der Waals surface area contributed by atoms with Crippen molar-refractivity contribution in [2.45, 2.75) is 25.7 Å². The van der Waals surface area contributed by atoms with E-state index in [2.05, 4.69) is 10.1 Å². The van der Waals surface area contributed by atoms with Crippen molar-refractivity contribution in [3.05, 3.63) is 60.2 Å². The highest BCUT2D eigenvalue weighted by atomic mass is 16.5. The topological polar surface area (TPSA) is 75.7 Å². The molecule has 1 N–H and O–H groups in total. The van der Waals surface area contributed by atoms with Crippen molar-refractivity contribution in [2.75, 3.05) is 24.4 Å². The van der Waals surface area contributed by atoms with Gasteiger partial charge in [-0.15, -0.1) is 0 Å². The van der Waals surface area contributed by atoms with Gasteiger partial charge in [0.25, 0.3) is 0 Å². The molecule has 1 aliphatic carbocycles. The van der Waals surface area contributed by atoms with Gasteiger partial charge in [-0.1, -0.05) is 18.2 Å². The first-order chi connectivity index (χ1) is 14.0. The van der Waals surface area contributed by atoms with Gasteiger partial charge in [-0.2, -0.15) is 0 Å². The highest BCUT2D eigenvalue weighted by Crippen LogP contribution is 2.31. The summed E-state index contributed by atoms with van der Waals surface area (Å²) in [5.74, 6) is -0.511. The van der Waals surface area contributed by atoms with Crippen molar-refractivity contribution < 1.29 is 19.1 Å². The highest BCUT2D eigenvalue weighted by Gasteiger charge is 2.31. The molecule has 0 bridgehead atoms. The third-order valence-electron chi connectivity index (χ3n) is 5.49. The van der Waals surface area contributed by atoms with Crippen LogP contribution >= 0.6 is 0 Å². The fourth-order valence-electron chi connectivity index (χ4n) is 3.71. The van der Waals surface area contributed by atoms with Crippen LogP contribution in [0.5, 0.6) is 0 Å². The molecule has 1 saturated carbocycles. The summed E-state index contributed by atoms with van der Waals surface area (Å²) in [5, 5.41) is 2.90. The zero-order valence-corrected chi connectivity index (χ0v) is 16.8. The predicted octanol–water partition coefficient (Wildman–Crippen LogP) is 3.88. The molecule has 0 saturated heterocycles. The van der Waals surface area contributed by atoms with E-state index in [0.717, 1.165) is 5.69 Å². The lowest BCUT2D eigenvalue weighted by Gasteiger charge is -2.30. The Hall–Kier alpha value is -3.15. The smallest absolute Gasteiger partial charge is 0.337 e. The summed E-state index contributed by atoms with van der Waals surface area (Å²) in [6.07, 6.45) is 2.78. The van der Waals surface area contributed by atoms with Gasteiger partial charge in [0.15, 0.2) is 0 Å². The minimum absolute atomic E-state index is 0.0434. The minimum atomic E-state index is -0.411. The molecule has 3 rings (SSSR count). The predicted molar refractivity (Wildman–Crippen MR) is 112 cm³/mol. The number of nitrogens with one attached hydrogen (secondary N) is 1. The Morgan fingerprint density at radius 3 is 2.07 bits per heavy atom. The zero-order chi connectivity index (χ0) is 20.8. The van der Waals surface area contributed by atoms with Gasteiger partial charge < -0.3 is 15.0 Å². The maximum atomic E-state index is 12.8. The molecule has 0 unspecified atom stereocenters. The fourth-order valence-corrected chi connectivity index (χ4v) is 3.71. The summed E-state index contributed by atoms with van der Waals surface area (Å²) in [7, 11) is 3.13. The first-order valence-electron chi connectivity index (χ1n) is 9.81. The summed E-state index contributed by atoms with van der Waals surface area (Å²) in [6.45, 7) is 0. The van der Waals surface area contributed by atoms with Crippen LogP contribution in [0.25, 0.3) is 0 Å². The lowest BCUT2D eigenvalue weighted by molar-refractivity contribution is -0.126. The average molecular weight is 394 g/mol. The molecule has 29 heavy (non-hydrogen) atoms. The summed E-state index contributed by atoms with van der Waals surface area (Å²) in [6, 6.07) is 16.2. The van der Waals surface area contributed by atoms with Gasteiger partial charge in [0, 0.05) is 30.3 Å². The van der Waals surface area contributed by atoms with E-state index in [1.54, 1.807) is 36.2 Å². The standard InChI is InChI=1S/C23H26N2O4/c1-25(20-6-4-3-5-7-20)22(27)17-10-8-16(9-11-17)21(26)24-19-14-12-18(13-15-19)23(28)29-2/h3-7,12-17H,8-11H2,1-2H3,(H,24,26). The first kappa shape index (κ1) is 20.6. The van der Waals surface area contributed by atoms with Crippen LogP contribution in [-0.4, -0.2) is 31.9 Å². The third kappa shape index (κ3) is 5.02. The molecule has 0 aliphatic heterocycles. The second kappa shape index (κ2) is 9.37. The van der Waals surface area contributed by atoms with Crippen LogP contribution in [0, 0.1) is 11.8 Å². The number of carbonyl (C=O) groups excluding carboxylic acids is 3. The van der Waals surface area contributed by atoms with E-state index in [4.69, 9.17) is 0 Å². The van der Waals surface area contributed by atoms with Crippen molar-refractivity contribution in [1.82, 2.24) is 0 Å². The second-order valence-corrected chi connectivity index (χ2v) is 7.34. The number of para-hydroxylation sites is 1. The minimum Gasteiger partial charge on any atom is -0.465 e. The molecule has 0 radical (unpaired) electrons. The quantitative estimate of drug-likeness (QED) is 0.781. The van der Waals surface area contributed by atoms with E-state index in [1.165, 1.54) is 7.11 Å². The number of amides is 2. The molecule has 0 spiro atoms. The van der Waals surface area contributed by atoms with Gasteiger partial charge in [-0.25, -0.2) is 4.79 Å². The molecule has 0 aromatic heterocycles. The van der Waals surface area contributed by atoms with Crippen molar-refractivity contribution in [2.24, 2.45) is 11.8 Å². The maximum absolute atomic E-state index is 12.8. The van der Waals surface area contributed by atoms with Crippen molar-refractivity contribution in [3.8, 4) is 0 Å². The summed E-state index contributed by atoms with van der Waals surface area (Å²) < 4.78 is 4.67. The average Bonchev–Trinajstić information content (AvgIpc) is 2.78. The van der Waals surface area contributed by atoms with Crippen LogP contribution in [0.2, 0.25) is 0 Å². The second-order valence-electron chi connectivity index (χ2n) is 7.34. The molecule has 2 aromatic rings. The number of hydrogen-bond donors (Lipinski definition) is 1. The number of esters is 1. The van der Waals surface area contributed by atoms with Crippen LogP contribution in [0.1, 0.15) is 36.0 Å². The lowest BCUT2D eigenvalue weighted by Crippen LogP contribution is -2.36. The number of ether oxygens (including phenoxy) is 1. The number of rotatable bonds is 5. The number of hydrogen-bond acceptors (Lipinski definition) is 4. The number of anilines is 2. The van der Waals surface area contributed by atoms with Gasteiger partial charge >= 0.3 is 5.97 Å². The Bertz CT molecular complexity index is 856. The van der Waals surface area contributed by atoms with Crippen LogP contribution in [0.4, 0.5) is 11.4 Å². The normalized spacial score (nSPS) is 18.6. The van der Waals surface area contributed by atoms with E-state index >= 15 is 0 Å². The molecule has 6 heteroatoms. The number of methoxy groups -OCH3 is 1. The van der Waals surface area contributed by atoms with Crippen molar-refractivity contribution >= 4 is 29.2 Å². The van der Waals surface area contributed by atoms with Gasteiger partial charge in [-0.3, -0.25) is 9.59 Å². The van der Waals surface area contributed by atoms with Crippen LogP contribution in [0.3, 0.4) is 0 Å². The van der Waals surface area contributed by atoms with Crippen molar-refractivity contribution in [1.29, 1.82) is 0 Å². The first-order valence-corrected chi connectivity index (χ1v) is 9.81. The number of benzene rings is 2. The Morgan fingerprint density at radius 2 is 1.48 bits per heavy atom. The molecule has 6 nitrogen and oxygen atoms in total. The van der Waals surface area contributed by atoms with E-state index in [1.807, 2.05) is 30.3 Å². The van der Waals surface area contributed by atoms with Crippen LogP contribution < -0.4 is 10.2 Å². The summed E-state index contributed by atoms with van der Waals surface area (Å²) in [4.78, 5) is 38.5. The Labute approximate surface area is 170 Å². The van der Waals surface area contributed by atoms with Crippen molar-refractivity contribution in [3.63, 3.8) is 0 Å². The SMILES string of the molecule is COC(=O)c1ccc(NC(=O)C2CCC(C(=O)N(C)c3ccccc3)CC2)cc1. The molecule has 2 aromatic carbocycles. The van der Waals surface area contributed by atoms with Gasteiger partial charge in [0.1, 0.15) is 0 Å². The fraction of sp³-hybridized carbons (Fsp3) is 0.348. The molecule has 1 aliphatic rings.